The Morgan fingerprint density at radius 3 is 2.24 bits per heavy atom. The predicted octanol–water partition coefficient (Wildman–Crippen LogP) is 3.32. The molecule has 2 aromatic carbocycles. The van der Waals surface area contributed by atoms with E-state index < -0.39 is 32.4 Å². The van der Waals surface area contributed by atoms with Crippen molar-refractivity contribution >= 4 is 15.9 Å². The monoisotopic (exact) mass is 426 g/mol. The summed E-state index contributed by atoms with van der Waals surface area (Å²) in [6.07, 6.45) is 1.96. The van der Waals surface area contributed by atoms with E-state index in [0.29, 0.717) is 44.0 Å². The minimum absolute atomic E-state index is 0.121. The molecule has 29 heavy (non-hydrogen) atoms. The Kier molecular flexibility index (Phi) is 6.59. The smallest absolute Gasteiger partial charge is 0.253 e. The number of nitrogens with one attached hydrogen (secondary N) is 1. The Morgan fingerprint density at radius 1 is 1.00 bits per heavy atom. The molecule has 1 N–H and O–H groups in total. The molecule has 0 bridgehead atoms. The maximum Gasteiger partial charge on any atom is 0.253 e. The van der Waals surface area contributed by atoms with Crippen molar-refractivity contribution in [3.05, 3.63) is 65.5 Å². The molecule has 1 fully saturated rings. The van der Waals surface area contributed by atoms with Gasteiger partial charge >= 0.3 is 0 Å². The summed E-state index contributed by atoms with van der Waals surface area (Å²) in [7, 11) is -4.06. The van der Waals surface area contributed by atoms with Crippen LogP contribution in [-0.4, -0.2) is 38.9 Å². The highest BCUT2D eigenvalue weighted by Gasteiger charge is 2.25. The van der Waals surface area contributed by atoms with Crippen LogP contribution < -0.4 is 4.72 Å². The third kappa shape index (κ3) is 5.36. The van der Waals surface area contributed by atoms with Crippen molar-refractivity contribution < 1.29 is 26.4 Å². The van der Waals surface area contributed by atoms with E-state index in [1.165, 1.54) is 24.3 Å². The van der Waals surface area contributed by atoms with Gasteiger partial charge in [-0.3, -0.25) is 4.79 Å². The third-order valence-electron chi connectivity index (χ3n) is 5.02. The molecule has 156 valence electrons. The molecule has 0 saturated carbocycles. The van der Waals surface area contributed by atoms with Gasteiger partial charge in [0.1, 0.15) is 22.3 Å². The fourth-order valence-corrected chi connectivity index (χ4v) is 4.47. The molecule has 3 rings (SSSR count). The molecule has 0 spiro atoms. The van der Waals surface area contributed by atoms with Crippen molar-refractivity contribution in [3.8, 4) is 0 Å². The molecule has 1 saturated heterocycles. The first kappa shape index (κ1) is 21.3. The van der Waals surface area contributed by atoms with Crippen LogP contribution in [0.3, 0.4) is 0 Å². The largest absolute Gasteiger partial charge is 0.339 e. The maximum atomic E-state index is 13.7. The van der Waals surface area contributed by atoms with E-state index in [9.17, 15) is 26.4 Å². The maximum absolute atomic E-state index is 13.7. The normalized spacial score (nSPS) is 15.5. The number of hydrogen-bond donors (Lipinski definition) is 1. The molecule has 0 aliphatic carbocycles. The van der Waals surface area contributed by atoms with E-state index in [4.69, 9.17) is 0 Å². The molecule has 0 radical (unpaired) electrons. The molecule has 9 heteroatoms. The zero-order valence-corrected chi connectivity index (χ0v) is 16.4. The number of carbonyl (C=O) groups is 1. The van der Waals surface area contributed by atoms with Crippen LogP contribution in [0.15, 0.2) is 47.4 Å². The topological polar surface area (TPSA) is 66.5 Å². The Balaban J connectivity index is 1.47. The summed E-state index contributed by atoms with van der Waals surface area (Å²) >= 11 is 0. The van der Waals surface area contributed by atoms with E-state index >= 15 is 0 Å². The van der Waals surface area contributed by atoms with Gasteiger partial charge in [-0.05, 0) is 61.6 Å². The molecular weight excluding hydrogens is 405 g/mol. The van der Waals surface area contributed by atoms with Gasteiger partial charge in [0.15, 0.2) is 0 Å². The Hall–Kier alpha value is -2.39. The zero-order chi connectivity index (χ0) is 21.0. The predicted molar refractivity (Wildman–Crippen MR) is 101 cm³/mol. The standard InChI is InChI=1S/C20H21F3N2O3S/c21-16-3-1-15(2-4-16)20(26)25-11-8-14(9-12-25)7-10-24-29(27,28)19-6-5-17(22)13-18(19)23/h1-6,13-14,24H,7-12H2. The SMILES string of the molecule is O=C(c1ccc(F)cc1)N1CCC(CCNS(=O)(=O)c2ccc(F)cc2F)CC1. The van der Waals surface area contributed by atoms with Gasteiger partial charge in [-0.15, -0.1) is 0 Å². The second kappa shape index (κ2) is 8.96. The molecule has 1 aliphatic heterocycles. The number of likely N-dealkylation sites (tertiary alicyclic amines) is 1. The summed E-state index contributed by atoms with van der Waals surface area (Å²) in [5.74, 6) is -2.32. The molecule has 5 nitrogen and oxygen atoms in total. The van der Waals surface area contributed by atoms with Gasteiger partial charge in [0.05, 0.1) is 0 Å². The number of amides is 1. The Morgan fingerprint density at radius 2 is 1.62 bits per heavy atom. The highest BCUT2D eigenvalue weighted by atomic mass is 32.2. The summed E-state index contributed by atoms with van der Waals surface area (Å²) in [5.41, 5.74) is 0.430. The van der Waals surface area contributed by atoms with Gasteiger partial charge in [0.25, 0.3) is 5.91 Å². The van der Waals surface area contributed by atoms with Crippen LogP contribution in [0.4, 0.5) is 13.2 Å². The summed E-state index contributed by atoms with van der Waals surface area (Å²) in [6.45, 7) is 1.18. The van der Waals surface area contributed by atoms with Crippen LogP contribution >= 0.6 is 0 Å². The van der Waals surface area contributed by atoms with Gasteiger partial charge in [0.2, 0.25) is 10.0 Å². The minimum atomic E-state index is -4.06. The van der Waals surface area contributed by atoms with Crippen LogP contribution in [0.1, 0.15) is 29.6 Å². The lowest BCUT2D eigenvalue weighted by Gasteiger charge is -2.32. The highest BCUT2D eigenvalue weighted by molar-refractivity contribution is 7.89. The van der Waals surface area contributed by atoms with Crippen LogP contribution in [0.25, 0.3) is 0 Å². The van der Waals surface area contributed by atoms with Crippen molar-refractivity contribution in [2.24, 2.45) is 5.92 Å². The van der Waals surface area contributed by atoms with E-state index in [1.54, 1.807) is 4.90 Å². The Bertz CT molecular complexity index is 973. The number of nitrogens with zero attached hydrogens (tertiary/aromatic N) is 1. The average molecular weight is 426 g/mol. The van der Waals surface area contributed by atoms with Gasteiger partial charge in [-0.25, -0.2) is 26.3 Å². The number of carbonyl (C=O) groups excluding carboxylic acids is 1. The first-order chi connectivity index (χ1) is 13.8. The van der Waals surface area contributed by atoms with Gasteiger partial charge < -0.3 is 4.90 Å². The quantitative estimate of drug-likeness (QED) is 0.771. The Labute approximate surface area is 167 Å². The second-order valence-corrected chi connectivity index (χ2v) is 8.74. The zero-order valence-electron chi connectivity index (χ0n) is 15.6. The van der Waals surface area contributed by atoms with E-state index in [1.807, 2.05) is 0 Å². The molecule has 0 atom stereocenters. The molecule has 0 aromatic heterocycles. The van der Waals surface area contributed by atoms with Crippen molar-refractivity contribution in [2.75, 3.05) is 19.6 Å². The van der Waals surface area contributed by atoms with E-state index in [2.05, 4.69) is 4.72 Å². The molecular formula is C20H21F3N2O3S. The van der Waals surface area contributed by atoms with Crippen molar-refractivity contribution in [3.63, 3.8) is 0 Å². The van der Waals surface area contributed by atoms with Crippen LogP contribution in [0.5, 0.6) is 0 Å². The van der Waals surface area contributed by atoms with Crippen molar-refractivity contribution in [2.45, 2.75) is 24.2 Å². The van der Waals surface area contributed by atoms with Crippen LogP contribution in [0.2, 0.25) is 0 Å². The van der Waals surface area contributed by atoms with Crippen LogP contribution in [-0.2, 0) is 10.0 Å². The number of sulfonamides is 1. The lowest BCUT2D eigenvalue weighted by atomic mass is 9.93. The number of rotatable bonds is 6. The highest BCUT2D eigenvalue weighted by Crippen LogP contribution is 2.22. The fourth-order valence-electron chi connectivity index (χ4n) is 3.37. The molecule has 1 amide bonds. The first-order valence-corrected chi connectivity index (χ1v) is 10.7. The van der Waals surface area contributed by atoms with Gasteiger partial charge in [-0.2, -0.15) is 0 Å². The first-order valence-electron chi connectivity index (χ1n) is 9.26. The molecule has 2 aromatic rings. The fraction of sp³-hybridized carbons (Fsp3) is 0.350. The van der Waals surface area contributed by atoms with E-state index in [-0.39, 0.29) is 18.4 Å². The summed E-state index contributed by atoms with van der Waals surface area (Å²) in [5, 5.41) is 0. The molecule has 1 aliphatic rings. The molecule has 1 heterocycles. The van der Waals surface area contributed by atoms with Gasteiger partial charge in [-0.1, -0.05) is 0 Å². The summed E-state index contributed by atoms with van der Waals surface area (Å²) < 4.78 is 66.3. The van der Waals surface area contributed by atoms with Gasteiger partial charge in [0, 0.05) is 31.3 Å². The van der Waals surface area contributed by atoms with Crippen molar-refractivity contribution in [1.29, 1.82) is 0 Å². The van der Waals surface area contributed by atoms with Crippen molar-refractivity contribution in [1.82, 2.24) is 9.62 Å². The van der Waals surface area contributed by atoms with E-state index in [0.717, 1.165) is 12.1 Å². The summed E-state index contributed by atoms with van der Waals surface area (Å²) in [6, 6.07) is 7.72. The number of benzene rings is 2. The second-order valence-electron chi connectivity index (χ2n) is 7.00. The number of halogens is 3. The average Bonchev–Trinajstić information content (AvgIpc) is 2.68. The lowest BCUT2D eigenvalue weighted by molar-refractivity contribution is 0.0687. The third-order valence-corrected chi connectivity index (χ3v) is 6.52. The lowest BCUT2D eigenvalue weighted by Crippen LogP contribution is -2.39. The molecule has 0 unspecified atom stereocenters. The number of hydrogen-bond acceptors (Lipinski definition) is 3. The van der Waals surface area contributed by atoms with Crippen LogP contribution in [0, 0.1) is 23.4 Å². The summed E-state index contributed by atoms with van der Waals surface area (Å²) in [4.78, 5) is 13.5. The number of piperidine rings is 1. The minimum Gasteiger partial charge on any atom is -0.339 e.